The fourth-order valence-corrected chi connectivity index (χ4v) is 3.43. The van der Waals surface area contributed by atoms with E-state index >= 15 is 0 Å². The second kappa shape index (κ2) is 6.05. The number of aromatic nitrogens is 4. The Hall–Kier alpha value is -2.32. The SMILES string of the molecule is O=C(Cc1cn2ccccc2n1)Nc1nnc(C2CCCO2)s1. The van der Waals surface area contributed by atoms with Gasteiger partial charge in [-0.1, -0.05) is 17.4 Å². The normalized spacial score (nSPS) is 17.7. The van der Waals surface area contributed by atoms with Crippen molar-refractivity contribution in [1.29, 1.82) is 0 Å². The number of fused-ring (bicyclic) bond motifs is 1. The summed E-state index contributed by atoms with van der Waals surface area (Å²) in [6.45, 7) is 0.764. The quantitative estimate of drug-likeness (QED) is 0.794. The molecule has 4 heterocycles. The second-order valence-corrected chi connectivity index (χ2v) is 6.38. The molecule has 4 rings (SSSR count). The van der Waals surface area contributed by atoms with Gasteiger partial charge in [0.15, 0.2) is 0 Å². The topological polar surface area (TPSA) is 81.4 Å². The molecule has 1 unspecified atom stereocenters. The molecule has 7 nitrogen and oxygen atoms in total. The molecule has 1 aliphatic rings. The molecule has 0 bridgehead atoms. The highest BCUT2D eigenvalue weighted by atomic mass is 32.1. The molecule has 118 valence electrons. The molecule has 3 aromatic heterocycles. The Bertz CT molecular complexity index is 804. The fraction of sp³-hybridized carbons (Fsp3) is 0.333. The maximum Gasteiger partial charge on any atom is 0.232 e. The lowest BCUT2D eigenvalue weighted by Gasteiger charge is -2.02. The van der Waals surface area contributed by atoms with Crippen LogP contribution in [0.1, 0.15) is 29.6 Å². The summed E-state index contributed by atoms with van der Waals surface area (Å²) in [5.41, 5.74) is 1.55. The highest BCUT2D eigenvalue weighted by Gasteiger charge is 2.22. The molecule has 1 aliphatic heterocycles. The number of pyridine rings is 1. The third kappa shape index (κ3) is 3.08. The number of nitrogens with one attached hydrogen (secondary N) is 1. The molecule has 23 heavy (non-hydrogen) atoms. The number of hydrogen-bond donors (Lipinski definition) is 1. The summed E-state index contributed by atoms with van der Waals surface area (Å²) in [4.78, 5) is 16.5. The van der Waals surface area contributed by atoms with Crippen LogP contribution in [0.25, 0.3) is 5.65 Å². The Morgan fingerprint density at radius 3 is 3.22 bits per heavy atom. The maximum absolute atomic E-state index is 12.1. The molecule has 1 saturated heterocycles. The van der Waals surface area contributed by atoms with Crippen LogP contribution >= 0.6 is 11.3 Å². The van der Waals surface area contributed by atoms with Crippen LogP contribution < -0.4 is 5.32 Å². The van der Waals surface area contributed by atoms with Crippen LogP contribution in [0.2, 0.25) is 0 Å². The number of rotatable bonds is 4. The summed E-state index contributed by atoms with van der Waals surface area (Å²) < 4.78 is 7.46. The van der Waals surface area contributed by atoms with Gasteiger partial charge in [-0.3, -0.25) is 4.79 Å². The van der Waals surface area contributed by atoms with Crippen molar-refractivity contribution in [3.63, 3.8) is 0 Å². The Kier molecular flexibility index (Phi) is 3.76. The van der Waals surface area contributed by atoms with Crippen molar-refractivity contribution in [2.75, 3.05) is 11.9 Å². The lowest BCUT2D eigenvalue weighted by molar-refractivity contribution is -0.115. The number of carbonyl (C=O) groups excluding carboxylic acids is 1. The molecular formula is C15H15N5O2S. The van der Waals surface area contributed by atoms with E-state index < -0.39 is 0 Å². The van der Waals surface area contributed by atoms with E-state index in [4.69, 9.17) is 4.74 Å². The van der Waals surface area contributed by atoms with Crippen LogP contribution in [0.3, 0.4) is 0 Å². The zero-order valence-electron chi connectivity index (χ0n) is 12.3. The Labute approximate surface area is 136 Å². The summed E-state index contributed by atoms with van der Waals surface area (Å²) >= 11 is 1.37. The third-order valence-corrected chi connectivity index (χ3v) is 4.58. The van der Waals surface area contributed by atoms with Gasteiger partial charge in [-0.15, -0.1) is 10.2 Å². The number of carbonyl (C=O) groups is 1. The number of ether oxygens (including phenoxy) is 1. The first kappa shape index (κ1) is 14.3. The van der Waals surface area contributed by atoms with Gasteiger partial charge in [-0.05, 0) is 25.0 Å². The van der Waals surface area contributed by atoms with E-state index in [9.17, 15) is 4.79 Å². The number of anilines is 1. The number of amides is 1. The van der Waals surface area contributed by atoms with Crippen LogP contribution in [-0.4, -0.2) is 32.1 Å². The molecule has 1 fully saturated rings. The molecule has 8 heteroatoms. The minimum Gasteiger partial charge on any atom is -0.371 e. The molecule has 3 aromatic rings. The average Bonchev–Trinajstić information content (AvgIpc) is 3.26. The Morgan fingerprint density at radius 2 is 2.39 bits per heavy atom. The van der Waals surface area contributed by atoms with Crippen LogP contribution in [0.5, 0.6) is 0 Å². The largest absolute Gasteiger partial charge is 0.371 e. The zero-order chi connectivity index (χ0) is 15.6. The van der Waals surface area contributed by atoms with Gasteiger partial charge in [-0.25, -0.2) is 4.98 Å². The van der Waals surface area contributed by atoms with Crippen molar-refractivity contribution in [2.45, 2.75) is 25.4 Å². The van der Waals surface area contributed by atoms with Crippen molar-refractivity contribution in [2.24, 2.45) is 0 Å². The molecule has 1 atom stereocenters. The van der Waals surface area contributed by atoms with Gasteiger partial charge in [0, 0.05) is 19.0 Å². The standard InChI is InChI=1S/C15H15N5O2S/c21-13(8-10-9-20-6-2-1-5-12(20)16-10)17-15-19-18-14(23-15)11-4-3-7-22-11/h1-2,5-6,9,11H,3-4,7-8H2,(H,17,19,21). The zero-order valence-corrected chi connectivity index (χ0v) is 13.1. The highest BCUT2D eigenvalue weighted by molar-refractivity contribution is 7.15. The molecule has 1 N–H and O–H groups in total. The summed E-state index contributed by atoms with van der Waals surface area (Å²) in [5, 5.41) is 12.2. The van der Waals surface area contributed by atoms with Gasteiger partial charge < -0.3 is 14.5 Å². The van der Waals surface area contributed by atoms with E-state index in [1.54, 1.807) is 0 Å². The number of nitrogens with zero attached hydrogens (tertiary/aromatic N) is 4. The summed E-state index contributed by atoms with van der Waals surface area (Å²) in [6.07, 6.45) is 5.99. The van der Waals surface area contributed by atoms with Crippen molar-refractivity contribution >= 4 is 28.0 Å². The minimum absolute atomic E-state index is 0.0246. The predicted octanol–water partition coefficient (Wildman–Crippen LogP) is 2.22. The Morgan fingerprint density at radius 1 is 1.43 bits per heavy atom. The van der Waals surface area contributed by atoms with Gasteiger partial charge in [0.2, 0.25) is 11.0 Å². The van der Waals surface area contributed by atoms with Gasteiger partial charge >= 0.3 is 0 Å². The molecule has 0 saturated carbocycles. The predicted molar refractivity (Wildman–Crippen MR) is 85.4 cm³/mol. The monoisotopic (exact) mass is 329 g/mol. The lowest BCUT2D eigenvalue weighted by atomic mass is 10.2. The Balaban J connectivity index is 1.41. The van der Waals surface area contributed by atoms with E-state index in [1.807, 2.05) is 35.0 Å². The van der Waals surface area contributed by atoms with E-state index in [0.29, 0.717) is 5.13 Å². The van der Waals surface area contributed by atoms with E-state index in [0.717, 1.165) is 35.8 Å². The number of hydrogen-bond acceptors (Lipinski definition) is 6. The summed E-state index contributed by atoms with van der Waals surface area (Å²) in [6, 6.07) is 5.74. The maximum atomic E-state index is 12.1. The fourth-order valence-electron chi connectivity index (χ4n) is 2.59. The van der Waals surface area contributed by atoms with Gasteiger partial charge in [0.1, 0.15) is 16.8 Å². The van der Waals surface area contributed by atoms with Crippen LogP contribution in [0.15, 0.2) is 30.6 Å². The van der Waals surface area contributed by atoms with Gasteiger partial charge in [0.05, 0.1) is 12.1 Å². The van der Waals surface area contributed by atoms with Crippen molar-refractivity contribution in [1.82, 2.24) is 19.6 Å². The van der Waals surface area contributed by atoms with Gasteiger partial charge in [-0.2, -0.15) is 0 Å². The molecule has 1 amide bonds. The van der Waals surface area contributed by atoms with E-state index in [-0.39, 0.29) is 18.4 Å². The van der Waals surface area contributed by atoms with E-state index in [2.05, 4.69) is 20.5 Å². The lowest BCUT2D eigenvalue weighted by Crippen LogP contribution is -2.14. The summed E-state index contributed by atoms with van der Waals surface area (Å²) in [7, 11) is 0. The molecule has 0 aliphatic carbocycles. The minimum atomic E-state index is -0.150. The first-order valence-electron chi connectivity index (χ1n) is 7.45. The first-order valence-corrected chi connectivity index (χ1v) is 8.27. The second-order valence-electron chi connectivity index (χ2n) is 5.37. The van der Waals surface area contributed by atoms with Crippen LogP contribution in [-0.2, 0) is 16.0 Å². The molecule has 0 radical (unpaired) electrons. The molecule has 0 aromatic carbocycles. The van der Waals surface area contributed by atoms with Crippen LogP contribution in [0.4, 0.5) is 5.13 Å². The van der Waals surface area contributed by atoms with Crippen molar-refractivity contribution in [3.8, 4) is 0 Å². The highest BCUT2D eigenvalue weighted by Crippen LogP contribution is 2.31. The van der Waals surface area contributed by atoms with Crippen molar-refractivity contribution < 1.29 is 9.53 Å². The number of imidazole rings is 1. The average molecular weight is 329 g/mol. The van der Waals surface area contributed by atoms with E-state index in [1.165, 1.54) is 11.3 Å². The summed E-state index contributed by atoms with van der Waals surface area (Å²) in [5.74, 6) is -0.150. The third-order valence-electron chi connectivity index (χ3n) is 3.65. The first-order chi connectivity index (χ1) is 11.3. The van der Waals surface area contributed by atoms with Crippen LogP contribution in [0, 0.1) is 0 Å². The van der Waals surface area contributed by atoms with Gasteiger partial charge in [0.25, 0.3) is 0 Å². The molecular weight excluding hydrogens is 314 g/mol. The molecule has 0 spiro atoms. The van der Waals surface area contributed by atoms with Crippen molar-refractivity contribution in [3.05, 3.63) is 41.3 Å². The smallest absolute Gasteiger partial charge is 0.232 e.